The molecule has 2 aliphatic rings. The maximum atomic E-state index is 11.7. The fourth-order valence-corrected chi connectivity index (χ4v) is 3.53. The molecule has 3 rings (SSSR count). The molecule has 1 saturated heterocycles. The van der Waals surface area contributed by atoms with E-state index < -0.39 is 11.9 Å². The minimum absolute atomic E-state index is 0.0468. The number of benzene rings is 1. The van der Waals surface area contributed by atoms with Crippen molar-refractivity contribution >= 4 is 11.7 Å². The van der Waals surface area contributed by atoms with E-state index in [0.29, 0.717) is 6.54 Å². The maximum absolute atomic E-state index is 11.7. The first kappa shape index (κ1) is 12.3. The molecule has 0 aromatic heterocycles. The van der Waals surface area contributed by atoms with Gasteiger partial charge in [0.05, 0.1) is 5.92 Å². The Balaban J connectivity index is 2.13. The number of nitrogens with one attached hydrogen (secondary N) is 1. The van der Waals surface area contributed by atoms with Crippen molar-refractivity contribution in [1.29, 1.82) is 0 Å². The van der Waals surface area contributed by atoms with Crippen molar-refractivity contribution < 1.29 is 15.0 Å². The summed E-state index contributed by atoms with van der Waals surface area (Å²) in [5.41, 5.74) is 1.65. The van der Waals surface area contributed by atoms with E-state index in [4.69, 9.17) is 0 Å². The molecule has 5 nitrogen and oxygen atoms in total. The lowest BCUT2D eigenvalue weighted by Crippen LogP contribution is -2.54. The second-order valence-electron chi connectivity index (χ2n) is 5.39. The molecule has 1 fully saturated rings. The Morgan fingerprint density at radius 2 is 2.26 bits per heavy atom. The Kier molecular flexibility index (Phi) is 2.86. The van der Waals surface area contributed by atoms with Crippen molar-refractivity contribution in [2.45, 2.75) is 18.4 Å². The van der Waals surface area contributed by atoms with Crippen LogP contribution in [0.4, 0.5) is 5.69 Å². The molecule has 0 bridgehead atoms. The first-order chi connectivity index (χ1) is 9.09. The highest BCUT2D eigenvalue weighted by Crippen LogP contribution is 2.44. The molecule has 3 atom stereocenters. The number of hydrogen-bond donors (Lipinski definition) is 3. The van der Waals surface area contributed by atoms with Gasteiger partial charge in [-0.1, -0.05) is 0 Å². The Hall–Kier alpha value is -1.75. The smallest absolute Gasteiger partial charge is 0.311 e. The van der Waals surface area contributed by atoms with Crippen LogP contribution in [-0.2, 0) is 4.79 Å². The molecular formula is C14H18N2O3. The molecule has 102 valence electrons. The van der Waals surface area contributed by atoms with Crippen LogP contribution in [0.2, 0.25) is 0 Å². The number of carboxylic acid groups (broad SMARTS) is 1. The number of carbonyl (C=O) groups is 1. The molecule has 3 N–H and O–H groups in total. The molecule has 2 heterocycles. The second kappa shape index (κ2) is 4.42. The number of phenolic OH excluding ortho intramolecular Hbond substituents is 1. The van der Waals surface area contributed by atoms with Crippen molar-refractivity contribution in [2.75, 3.05) is 25.0 Å². The summed E-state index contributed by atoms with van der Waals surface area (Å²) in [6, 6.07) is 5.28. The quantitative estimate of drug-likeness (QED) is 0.704. The maximum Gasteiger partial charge on any atom is 0.311 e. The number of aromatic hydroxyl groups is 1. The topological polar surface area (TPSA) is 72.8 Å². The van der Waals surface area contributed by atoms with Crippen molar-refractivity contribution in [3.63, 3.8) is 0 Å². The van der Waals surface area contributed by atoms with Gasteiger partial charge in [0, 0.05) is 31.2 Å². The zero-order valence-electron chi connectivity index (χ0n) is 10.8. The zero-order chi connectivity index (χ0) is 13.6. The number of aliphatic carboxylic acids is 1. The number of carboxylic acids is 1. The molecule has 19 heavy (non-hydrogen) atoms. The standard InChI is InChI=1S/C14H18N2O3/c1-16-11-3-2-8(17)6-9(11)13(14(18)19)10-7-15-5-4-12(10)16/h2-3,6,10,12-13,15,17H,4-5,7H2,1H3,(H,18,19). The van der Waals surface area contributed by atoms with Gasteiger partial charge in [-0.2, -0.15) is 0 Å². The molecule has 1 aromatic rings. The van der Waals surface area contributed by atoms with Crippen LogP contribution in [0.25, 0.3) is 0 Å². The minimum Gasteiger partial charge on any atom is -0.508 e. The average molecular weight is 262 g/mol. The first-order valence-electron chi connectivity index (χ1n) is 6.59. The Morgan fingerprint density at radius 1 is 1.47 bits per heavy atom. The van der Waals surface area contributed by atoms with Crippen molar-refractivity contribution in [3.05, 3.63) is 23.8 Å². The number of fused-ring (bicyclic) bond motifs is 2. The van der Waals surface area contributed by atoms with E-state index in [0.717, 1.165) is 24.2 Å². The van der Waals surface area contributed by atoms with E-state index in [1.165, 1.54) is 0 Å². The lowest BCUT2D eigenvalue weighted by molar-refractivity contribution is -0.140. The molecule has 3 unspecified atom stereocenters. The third-order valence-electron chi connectivity index (χ3n) is 4.41. The van der Waals surface area contributed by atoms with Crippen LogP contribution in [0.5, 0.6) is 5.75 Å². The lowest BCUT2D eigenvalue weighted by Gasteiger charge is -2.47. The summed E-state index contributed by atoms with van der Waals surface area (Å²) in [5.74, 6) is -1.18. The first-order valence-corrected chi connectivity index (χ1v) is 6.59. The third-order valence-corrected chi connectivity index (χ3v) is 4.41. The average Bonchev–Trinajstić information content (AvgIpc) is 2.38. The van der Waals surface area contributed by atoms with E-state index in [-0.39, 0.29) is 17.7 Å². The number of rotatable bonds is 1. The van der Waals surface area contributed by atoms with Gasteiger partial charge >= 0.3 is 5.97 Å². The molecule has 5 heteroatoms. The number of piperidine rings is 1. The Morgan fingerprint density at radius 3 is 3.00 bits per heavy atom. The normalized spacial score (nSPS) is 29.5. The van der Waals surface area contributed by atoms with E-state index in [9.17, 15) is 15.0 Å². The number of anilines is 1. The minimum atomic E-state index is -0.807. The van der Waals surface area contributed by atoms with Gasteiger partial charge in [0.1, 0.15) is 5.75 Å². The van der Waals surface area contributed by atoms with Crippen LogP contribution >= 0.6 is 0 Å². The van der Waals surface area contributed by atoms with Gasteiger partial charge in [-0.25, -0.2) is 0 Å². The van der Waals surface area contributed by atoms with Crippen molar-refractivity contribution in [2.24, 2.45) is 5.92 Å². The highest BCUT2D eigenvalue weighted by Gasteiger charge is 2.44. The van der Waals surface area contributed by atoms with Crippen molar-refractivity contribution in [3.8, 4) is 5.75 Å². The Bertz CT molecular complexity index is 517. The third kappa shape index (κ3) is 1.85. The molecule has 0 amide bonds. The number of nitrogens with zero attached hydrogens (tertiary/aromatic N) is 1. The van der Waals surface area contributed by atoms with Gasteiger partial charge in [0.15, 0.2) is 0 Å². The van der Waals surface area contributed by atoms with Crippen LogP contribution in [0.3, 0.4) is 0 Å². The second-order valence-corrected chi connectivity index (χ2v) is 5.39. The van der Waals surface area contributed by atoms with Crippen LogP contribution in [-0.4, -0.2) is 42.4 Å². The fourth-order valence-electron chi connectivity index (χ4n) is 3.53. The summed E-state index contributed by atoms with van der Waals surface area (Å²) in [7, 11) is 2.01. The SMILES string of the molecule is CN1c2ccc(O)cc2C(C(=O)O)C2CNCCC21. The molecule has 2 aliphatic heterocycles. The molecule has 1 aromatic carbocycles. The summed E-state index contributed by atoms with van der Waals surface area (Å²) in [4.78, 5) is 13.8. The van der Waals surface area contributed by atoms with Gasteiger partial charge < -0.3 is 20.4 Å². The summed E-state index contributed by atoms with van der Waals surface area (Å²) in [6.45, 7) is 1.63. The fraction of sp³-hybridized carbons (Fsp3) is 0.500. The van der Waals surface area contributed by atoms with Crippen LogP contribution < -0.4 is 10.2 Å². The monoisotopic (exact) mass is 262 g/mol. The Labute approximate surface area is 111 Å². The van der Waals surface area contributed by atoms with E-state index >= 15 is 0 Å². The molecule has 0 spiro atoms. The zero-order valence-corrected chi connectivity index (χ0v) is 10.8. The summed E-state index contributed by atoms with van der Waals surface area (Å²) in [6.07, 6.45) is 0.950. The largest absolute Gasteiger partial charge is 0.508 e. The van der Waals surface area contributed by atoms with Crippen LogP contribution in [0.1, 0.15) is 17.9 Å². The summed E-state index contributed by atoms with van der Waals surface area (Å²) in [5, 5.41) is 22.5. The van der Waals surface area contributed by atoms with Gasteiger partial charge in [-0.05, 0) is 36.7 Å². The molecular weight excluding hydrogens is 244 g/mol. The van der Waals surface area contributed by atoms with Gasteiger partial charge in [0.25, 0.3) is 0 Å². The highest BCUT2D eigenvalue weighted by molar-refractivity contribution is 5.81. The van der Waals surface area contributed by atoms with Crippen LogP contribution in [0.15, 0.2) is 18.2 Å². The summed E-state index contributed by atoms with van der Waals surface area (Å²) >= 11 is 0. The number of hydrogen-bond acceptors (Lipinski definition) is 4. The highest BCUT2D eigenvalue weighted by atomic mass is 16.4. The predicted molar refractivity (Wildman–Crippen MR) is 71.7 cm³/mol. The van der Waals surface area contributed by atoms with Gasteiger partial charge in [-0.15, -0.1) is 0 Å². The predicted octanol–water partition coefficient (Wildman–Crippen LogP) is 0.988. The molecule has 0 aliphatic carbocycles. The van der Waals surface area contributed by atoms with Gasteiger partial charge in [-0.3, -0.25) is 4.79 Å². The van der Waals surface area contributed by atoms with Crippen molar-refractivity contribution in [1.82, 2.24) is 5.32 Å². The lowest BCUT2D eigenvalue weighted by atomic mass is 9.74. The molecule has 0 saturated carbocycles. The van der Waals surface area contributed by atoms with E-state index in [1.807, 2.05) is 13.1 Å². The number of phenols is 1. The van der Waals surface area contributed by atoms with E-state index in [1.54, 1.807) is 12.1 Å². The summed E-state index contributed by atoms with van der Waals surface area (Å²) < 4.78 is 0. The van der Waals surface area contributed by atoms with E-state index in [2.05, 4.69) is 10.2 Å². The van der Waals surface area contributed by atoms with Gasteiger partial charge in [0.2, 0.25) is 0 Å². The molecule has 0 radical (unpaired) electrons. The van der Waals surface area contributed by atoms with Crippen LogP contribution in [0, 0.1) is 5.92 Å².